The first-order valence-corrected chi connectivity index (χ1v) is 8.46. The van der Waals surface area contributed by atoms with Crippen LogP contribution in [-0.4, -0.2) is 24.0 Å². The van der Waals surface area contributed by atoms with Gasteiger partial charge >= 0.3 is 5.97 Å². The first kappa shape index (κ1) is 18.9. The molecule has 134 valence electrons. The minimum absolute atomic E-state index is 0.0755. The van der Waals surface area contributed by atoms with Crippen LogP contribution in [0.25, 0.3) is 10.9 Å². The summed E-state index contributed by atoms with van der Waals surface area (Å²) in [5.74, 6) is -0.453. The predicted molar refractivity (Wildman–Crippen MR) is 98.3 cm³/mol. The van der Waals surface area contributed by atoms with Crippen molar-refractivity contribution < 1.29 is 14.3 Å². The highest BCUT2D eigenvalue weighted by molar-refractivity contribution is 5.80. The van der Waals surface area contributed by atoms with Gasteiger partial charge in [-0.05, 0) is 35.6 Å². The van der Waals surface area contributed by atoms with Crippen molar-refractivity contribution in [3.8, 4) is 0 Å². The quantitative estimate of drug-likeness (QED) is 0.842. The first-order valence-electron chi connectivity index (χ1n) is 8.46. The molecule has 1 atom stereocenters. The highest BCUT2D eigenvalue weighted by Gasteiger charge is 2.18. The normalized spacial score (nSPS) is 12.7. The molecule has 0 spiro atoms. The van der Waals surface area contributed by atoms with Crippen molar-refractivity contribution >= 4 is 22.8 Å². The molecule has 5 nitrogen and oxygen atoms in total. The molecule has 1 amide bonds. The van der Waals surface area contributed by atoms with Crippen LogP contribution in [-0.2, 0) is 19.7 Å². The summed E-state index contributed by atoms with van der Waals surface area (Å²) < 4.78 is 4.68. The summed E-state index contributed by atoms with van der Waals surface area (Å²) in [6.07, 6.45) is 0.676. The molecule has 1 heterocycles. The predicted octanol–water partition coefficient (Wildman–Crippen LogP) is 3.66. The molecule has 0 fully saturated rings. The van der Waals surface area contributed by atoms with Crippen molar-refractivity contribution in [2.45, 2.75) is 52.0 Å². The number of pyridine rings is 1. The molecular weight excluding hydrogens is 316 g/mol. The van der Waals surface area contributed by atoms with E-state index in [1.54, 1.807) is 0 Å². The lowest BCUT2D eigenvalue weighted by molar-refractivity contribution is -0.141. The van der Waals surface area contributed by atoms with Crippen LogP contribution in [0, 0.1) is 0 Å². The Balaban J connectivity index is 2.32. The number of carbonyl (C=O) groups is 2. The maximum atomic E-state index is 11.5. The molecule has 25 heavy (non-hydrogen) atoms. The molecule has 0 unspecified atom stereocenters. The molecule has 0 saturated carbocycles. The Bertz CT molecular complexity index is 778. The third kappa shape index (κ3) is 5.02. The van der Waals surface area contributed by atoms with E-state index in [-0.39, 0.29) is 29.8 Å². The van der Waals surface area contributed by atoms with Crippen LogP contribution >= 0.6 is 0 Å². The molecule has 0 aliphatic heterocycles. The van der Waals surface area contributed by atoms with Gasteiger partial charge < -0.3 is 10.1 Å². The van der Waals surface area contributed by atoms with E-state index in [1.165, 1.54) is 19.6 Å². The summed E-state index contributed by atoms with van der Waals surface area (Å²) in [7, 11) is 1.36. The van der Waals surface area contributed by atoms with Crippen LogP contribution in [0.4, 0.5) is 0 Å². The van der Waals surface area contributed by atoms with E-state index in [1.807, 2.05) is 18.2 Å². The summed E-state index contributed by atoms with van der Waals surface area (Å²) in [5.41, 5.74) is 2.94. The number of carbonyl (C=O) groups excluding carboxylic acids is 2. The third-order valence-electron chi connectivity index (χ3n) is 4.18. The summed E-state index contributed by atoms with van der Waals surface area (Å²) in [6.45, 7) is 7.99. The number of fused-ring (bicyclic) bond motifs is 1. The smallest absolute Gasteiger partial charge is 0.305 e. The molecule has 2 aromatic rings. The molecule has 0 radical (unpaired) electrons. The van der Waals surface area contributed by atoms with E-state index in [9.17, 15) is 9.59 Å². The van der Waals surface area contributed by atoms with Gasteiger partial charge in [-0.1, -0.05) is 32.9 Å². The lowest BCUT2D eigenvalue weighted by Crippen LogP contribution is -2.27. The fourth-order valence-corrected chi connectivity index (χ4v) is 2.71. The second kappa shape index (κ2) is 7.64. The molecular formula is C20H26N2O3. The van der Waals surface area contributed by atoms with E-state index in [2.05, 4.69) is 47.9 Å². The highest BCUT2D eigenvalue weighted by atomic mass is 16.5. The number of hydrogen-bond donors (Lipinski definition) is 1. The number of nitrogens with zero attached hydrogens (tertiary/aromatic N) is 1. The van der Waals surface area contributed by atoms with Crippen LogP contribution in [0.5, 0.6) is 0 Å². The van der Waals surface area contributed by atoms with Gasteiger partial charge in [0.05, 0.1) is 24.4 Å². The van der Waals surface area contributed by atoms with Crippen molar-refractivity contribution in [1.29, 1.82) is 0 Å². The zero-order chi connectivity index (χ0) is 18.6. The maximum Gasteiger partial charge on any atom is 0.305 e. The van der Waals surface area contributed by atoms with Crippen LogP contribution < -0.4 is 5.32 Å². The number of benzene rings is 1. The van der Waals surface area contributed by atoms with Crippen LogP contribution in [0.2, 0.25) is 0 Å². The number of nitrogens with one attached hydrogen (secondary N) is 1. The average Bonchev–Trinajstić information content (AvgIpc) is 2.56. The second-order valence-corrected chi connectivity index (χ2v) is 7.26. The van der Waals surface area contributed by atoms with Gasteiger partial charge in [0.2, 0.25) is 5.91 Å². The van der Waals surface area contributed by atoms with Crippen LogP contribution in [0.15, 0.2) is 30.3 Å². The van der Waals surface area contributed by atoms with Gasteiger partial charge in [-0.25, -0.2) is 0 Å². The van der Waals surface area contributed by atoms with E-state index in [0.29, 0.717) is 6.42 Å². The summed E-state index contributed by atoms with van der Waals surface area (Å²) in [6, 6.07) is 9.84. The topological polar surface area (TPSA) is 68.3 Å². The first-order chi connectivity index (χ1) is 11.7. The molecule has 0 aliphatic rings. The fourth-order valence-electron chi connectivity index (χ4n) is 2.71. The van der Waals surface area contributed by atoms with Crippen LogP contribution in [0.1, 0.15) is 57.8 Å². The Morgan fingerprint density at radius 3 is 2.52 bits per heavy atom. The summed E-state index contributed by atoms with van der Waals surface area (Å²) in [5, 5.41) is 3.93. The SMILES string of the molecule is COC(=O)CC[C@H](NC(C)=O)c1ccc2cc(C(C)(C)C)ccc2n1. The van der Waals surface area contributed by atoms with Gasteiger partial charge in [0, 0.05) is 18.7 Å². The van der Waals surface area contributed by atoms with Crippen molar-refractivity contribution in [3.63, 3.8) is 0 Å². The Hall–Kier alpha value is -2.43. The zero-order valence-corrected chi connectivity index (χ0v) is 15.6. The zero-order valence-electron chi connectivity index (χ0n) is 15.6. The summed E-state index contributed by atoms with van der Waals surface area (Å²) in [4.78, 5) is 27.6. The number of amides is 1. The standard InChI is InChI=1S/C20H26N2O3/c1-13(23)21-17(10-11-19(24)25-5)18-8-6-14-12-15(20(2,3)4)7-9-16(14)22-18/h6-9,12,17H,10-11H2,1-5H3,(H,21,23)/t17-/m0/s1. The molecule has 2 rings (SSSR count). The molecule has 0 aliphatic carbocycles. The number of hydrogen-bond acceptors (Lipinski definition) is 4. The number of rotatable bonds is 5. The third-order valence-corrected chi connectivity index (χ3v) is 4.18. The minimum Gasteiger partial charge on any atom is -0.469 e. The van der Waals surface area contributed by atoms with Gasteiger partial charge in [-0.3, -0.25) is 14.6 Å². The fraction of sp³-hybridized carbons (Fsp3) is 0.450. The lowest BCUT2D eigenvalue weighted by atomic mass is 9.86. The molecule has 5 heteroatoms. The molecule has 1 aromatic heterocycles. The number of esters is 1. The van der Waals surface area contributed by atoms with Crippen molar-refractivity contribution in [2.75, 3.05) is 7.11 Å². The van der Waals surface area contributed by atoms with Gasteiger partial charge in [-0.15, -0.1) is 0 Å². The number of ether oxygens (including phenoxy) is 1. The second-order valence-electron chi connectivity index (χ2n) is 7.26. The Kier molecular flexibility index (Phi) is 5.77. The van der Waals surface area contributed by atoms with Crippen molar-refractivity contribution in [3.05, 3.63) is 41.6 Å². The van der Waals surface area contributed by atoms with Gasteiger partial charge in [0.15, 0.2) is 0 Å². The molecule has 0 bridgehead atoms. The van der Waals surface area contributed by atoms with E-state index in [0.717, 1.165) is 16.6 Å². The molecule has 1 N–H and O–H groups in total. The van der Waals surface area contributed by atoms with E-state index in [4.69, 9.17) is 0 Å². The van der Waals surface area contributed by atoms with Crippen LogP contribution in [0.3, 0.4) is 0 Å². The average molecular weight is 342 g/mol. The van der Waals surface area contributed by atoms with Crippen molar-refractivity contribution in [1.82, 2.24) is 10.3 Å². The van der Waals surface area contributed by atoms with E-state index < -0.39 is 0 Å². The maximum absolute atomic E-state index is 11.5. The molecule has 1 aromatic carbocycles. The van der Waals surface area contributed by atoms with Gasteiger partial charge in [0.1, 0.15) is 0 Å². The number of methoxy groups -OCH3 is 1. The summed E-state index contributed by atoms with van der Waals surface area (Å²) >= 11 is 0. The van der Waals surface area contributed by atoms with Crippen molar-refractivity contribution in [2.24, 2.45) is 0 Å². The highest BCUT2D eigenvalue weighted by Crippen LogP contribution is 2.27. The lowest BCUT2D eigenvalue weighted by Gasteiger charge is -2.20. The Labute approximate surface area is 148 Å². The largest absolute Gasteiger partial charge is 0.469 e. The van der Waals surface area contributed by atoms with E-state index >= 15 is 0 Å². The Morgan fingerprint density at radius 2 is 1.92 bits per heavy atom. The Morgan fingerprint density at radius 1 is 1.20 bits per heavy atom. The minimum atomic E-state index is -0.316. The number of aromatic nitrogens is 1. The molecule has 0 saturated heterocycles. The van der Waals surface area contributed by atoms with Gasteiger partial charge in [-0.2, -0.15) is 0 Å². The monoisotopic (exact) mass is 342 g/mol. The van der Waals surface area contributed by atoms with Gasteiger partial charge in [0.25, 0.3) is 0 Å².